The van der Waals surface area contributed by atoms with Crippen molar-refractivity contribution >= 4 is 23.1 Å². The van der Waals surface area contributed by atoms with E-state index in [2.05, 4.69) is 10.5 Å². The maximum Gasteiger partial charge on any atom is 0.254 e. The number of hydrazone groups is 1. The van der Waals surface area contributed by atoms with Gasteiger partial charge < -0.3 is 4.42 Å². The third-order valence-corrected chi connectivity index (χ3v) is 2.34. The highest BCUT2D eigenvalue weighted by atomic mass is 16.3. The van der Waals surface area contributed by atoms with E-state index in [1.165, 1.54) is 12.5 Å². The van der Waals surface area contributed by atoms with Gasteiger partial charge in [0.25, 0.3) is 5.91 Å². The van der Waals surface area contributed by atoms with Gasteiger partial charge in [-0.25, -0.2) is 5.43 Å². The van der Waals surface area contributed by atoms with Crippen LogP contribution in [0.15, 0.2) is 44.8 Å². The Morgan fingerprint density at radius 2 is 2.26 bits per heavy atom. The zero-order valence-electron chi connectivity index (χ0n) is 9.79. The van der Waals surface area contributed by atoms with Crippen LogP contribution >= 0.6 is 0 Å². The third kappa shape index (κ3) is 2.84. The first-order chi connectivity index (χ1) is 9.22. The average molecular weight is 255 g/mol. The van der Waals surface area contributed by atoms with Gasteiger partial charge in [0.05, 0.1) is 23.2 Å². The van der Waals surface area contributed by atoms with Gasteiger partial charge in [-0.2, -0.15) is 10.4 Å². The summed E-state index contributed by atoms with van der Waals surface area (Å²) in [6.07, 6.45) is 2.17. The SMILES string of the molecule is N#CCC(=O)N/N=C/c1coc2ccccc2c1=O. The van der Waals surface area contributed by atoms with Crippen LogP contribution < -0.4 is 10.9 Å². The van der Waals surface area contributed by atoms with Crippen molar-refractivity contribution in [3.63, 3.8) is 0 Å². The molecule has 0 aliphatic heterocycles. The Morgan fingerprint density at radius 3 is 3.05 bits per heavy atom. The van der Waals surface area contributed by atoms with E-state index in [-0.39, 0.29) is 17.4 Å². The molecule has 2 aromatic rings. The standard InChI is InChI=1S/C13H9N3O3/c14-6-5-12(17)16-15-7-9-8-19-11-4-2-1-3-10(11)13(9)18/h1-4,7-8H,5H2,(H,16,17)/b15-7+. The molecule has 0 saturated heterocycles. The van der Waals surface area contributed by atoms with E-state index in [9.17, 15) is 9.59 Å². The molecule has 1 aromatic carbocycles. The van der Waals surface area contributed by atoms with E-state index >= 15 is 0 Å². The average Bonchev–Trinajstić information content (AvgIpc) is 2.42. The maximum atomic E-state index is 12.0. The minimum absolute atomic E-state index is 0.218. The Bertz CT molecular complexity index is 741. The van der Waals surface area contributed by atoms with Gasteiger partial charge in [0.15, 0.2) is 0 Å². The lowest BCUT2D eigenvalue weighted by Gasteiger charge is -1.97. The summed E-state index contributed by atoms with van der Waals surface area (Å²) in [7, 11) is 0. The smallest absolute Gasteiger partial charge is 0.254 e. The van der Waals surface area contributed by atoms with Crippen molar-refractivity contribution < 1.29 is 9.21 Å². The molecule has 0 radical (unpaired) electrons. The van der Waals surface area contributed by atoms with Crippen LogP contribution in [0.3, 0.4) is 0 Å². The van der Waals surface area contributed by atoms with Crippen molar-refractivity contribution in [1.29, 1.82) is 5.26 Å². The Kier molecular flexibility index (Phi) is 3.69. The number of amides is 1. The number of hydrogen-bond acceptors (Lipinski definition) is 5. The first-order valence-corrected chi connectivity index (χ1v) is 5.42. The number of benzene rings is 1. The summed E-state index contributed by atoms with van der Waals surface area (Å²) in [6.45, 7) is 0. The molecular formula is C13H9N3O3. The van der Waals surface area contributed by atoms with Crippen molar-refractivity contribution in [2.24, 2.45) is 5.10 Å². The lowest BCUT2D eigenvalue weighted by atomic mass is 10.2. The van der Waals surface area contributed by atoms with Gasteiger partial charge in [0.2, 0.25) is 5.43 Å². The first-order valence-electron chi connectivity index (χ1n) is 5.42. The summed E-state index contributed by atoms with van der Waals surface area (Å²) in [6, 6.07) is 8.51. The van der Waals surface area contributed by atoms with Crippen molar-refractivity contribution in [2.45, 2.75) is 6.42 Å². The molecule has 1 amide bonds. The summed E-state index contributed by atoms with van der Waals surface area (Å²) >= 11 is 0. The molecule has 6 heteroatoms. The number of nitrogens with one attached hydrogen (secondary N) is 1. The molecule has 1 N–H and O–H groups in total. The fourth-order valence-electron chi connectivity index (χ4n) is 1.47. The minimum atomic E-state index is -0.538. The van der Waals surface area contributed by atoms with E-state index in [1.807, 2.05) is 0 Å². The number of nitriles is 1. The fraction of sp³-hybridized carbons (Fsp3) is 0.0769. The number of nitrogens with zero attached hydrogens (tertiary/aromatic N) is 2. The van der Waals surface area contributed by atoms with E-state index in [0.717, 1.165) is 0 Å². The van der Waals surface area contributed by atoms with Crippen LogP contribution in [0.5, 0.6) is 0 Å². The topological polar surface area (TPSA) is 95.5 Å². The highest BCUT2D eigenvalue weighted by molar-refractivity contribution is 5.87. The Labute approximate surface area is 108 Å². The molecule has 6 nitrogen and oxygen atoms in total. The van der Waals surface area contributed by atoms with Crippen molar-refractivity contribution in [2.75, 3.05) is 0 Å². The van der Waals surface area contributed by atoms with E-state index in [0.29, 0.717) is 11.0 Å². The lowest BCUT2D eigenvalue weighted by molar-refractivity contribution is -0.120. The predicted molar refractivity (Wildman–Crippen MR) is 68.5 cm³/mol. The highest BCUT2D eigenvalue weighted by Crippen LogP contribution is 2.09. The second kappa shape index (κ2) is 5.60. The van der Waals surface area contributed by atoms with E-state index in [1.54, 1.807) is 30.3 Å². The Balaban J connectivity index is 2.25. The van der Waals surface area contributed by atoms with Gasteiger partial charge in [-0.15, -0.1) is 0 Å². The minimum Gasteiger partial charge on any atom is -0.463 e. The van der Waals surface area contributed by atoms with Crippen LogP contribution in [0.1, 0.15) is 12.0 Å². The number of hydrogen-bond donors (Lipinski definition) is 1. The molecule has 19 heavy (non-hydrogen) atoms. The quantitative estimate of drug-likeness (QED) is 0.657. The molecule has 94 valence electrons. The van der Waals surface area contributed by atoms with E-state index < -0.39 is 5.91 Å². The second-order valence-corrected chi connectivity index (χ2v) is 3.64. The van der Waals surface area contributed by atoms with Gasteiger partial charge in [-0.05, 0) is 12.1 Å². The third-order valence-electron chi connectivity index (χ3n) is 2.34. The number of carbonyl (C=O) groups is 1. The van der Waals surface area contributed by atoms with Gasteiger partial charge >= 0.3 is 0 Å². The molecule has 0 fully saturated rings. The molecule has 2 rings (SSSR count). The normalized spacial score (nSPS) is 10.5. The van der Waals surface area contributed by atoms with E-state index in [4.69, 9.17) is 9.68 Å². The summed E-state index contributed by atoms with van der Waals surface area (Å²) in [5.41, 5.74) is 2.60. The first kappa shape index (κ1) is 12.5. The molecule has 0 unspecified atom stereocenters. The number of para-hydroxylation sites is 1. The summed E-state index contributed by atoms with van der Waals surface area (Å²) < 4.78 is 5.27. The predicted octanol–water partition coefficient (Wildman–Crippen LogP) is 1.16. The van der Waals surface area contributed by atoms with Crippen molar-refractivity contribution in [1.82, 2.24) is 5.43 Å². The van der Waals surface area contributed by atoms with Crippen LogP contribution in [0, 0.1) is 11.3 Å². The lowest BCUT2D eigenvalue weighted by Crippen LogP contribution is -2.17. The van der Waals surface area contributed by atoms with Gasteiger partial charge in [0.1, 0.15) is 18.3 Å². The Morgan fingerprint density at radius 1 is 1.47 bits per heavy atom. The van der Waals surface area contributed by atoms with Crippen LogP contribution in [-0.2, 0) is 4.79 Å². The number of carbonyl (C=O) groups excluding carboxylic acids is 1. The van der Waals surface area contributed by atoms with Crippen LogP contribution in [0.25, 0.3) is 11.0 Å². The molecule has 1 heterocycles. The summed E-state index contributed by atoms with van der Waals surface area (Å²) in [4.78, 5) is 23.0. The summed E-state index contributed by atoms with van der Waals surface area (Å²) in [5.74, 6) is -0.538. The molecule has 0 aliphatic rings. The van der Waals surface area contributed by atoms with Crippen LogP contribution in [0.2, 0.25) is 0 Å². The van der Waals surface area contributed by atoms with Crippen LogP contribution in [-0.4, -0.2) is 12.1 Å². The zero-order valence-corrected chi connectivity index (χ0v) is 9.79. The molecule has 0 saturated carbocycles. The molecule has 0 atom stereocenters. The van der Waals surface area contributed by atoms with Crippen molar-refractivity contribution in [3.05, 3.63) is 46.3 Å². The maximum absolute atomic E-state index is 12.0. The number of rotatable bonds is 3. The summed E-state index contributed by atoms with van der Waals surface area (Å²) in [5, 5.41) is 12.3. The van der Waals surface area contributed by atoms with Gasteiger partial charge in [0, 0.05) is 0 Å². The monoisotopic (exact) mass is 255 g/mol. The van der Waals surface area contributed by atoms with Gasteiger partial charge in [-0.1, -0.05) is 12.1 Å². The Hall–Kier alpha value is -2.94. The molecule has 1 aromatic heterocycles. The van der Waals surface area contributed by atoms with Crippen molar-refractivity contribution in [3.8, 4) is 6.07 Å². The fourth-order valence-corrected chi connectivity index (χ4v) is 1.47. The zero-order chi connectivity index (χ0) is 13.7. The largest absolute Gasteiger partial charge is 0.463 e. The van der Waals surface area contributed by atoms with Crippen LogP contribution in [0.4, 0.5) is 0 Å². The number of fused-ring (bicyclic) bond motifs is 1. The molecule has 0 bridgehead atoms. The molecular weight excluding hydrogens is 246 g/mol. The second-order valence-electron chi connectivity index (χ2n) is 3.64. The highest BCUT2D eigenvalue weighted by Gasteiger charge is 2.04. The van der Waals surface area contributed by atoms with Gasteiger partial charge in [-0.3, -0.25) is 9.59 Å². The molecule has 0 spiro atoms. The molecule has 0 aliphatic carbocycles.